The molecule has 2 aromatic carbocycles. The summed E-state index contributed by atoms with van der Waals surface area (Å²) in [5.41, 5.74) is 0.896. The molecule has 0 radical (unpaired) electrons. The van der Waals surface area contributed by atoms with Crippen molar-refractivity contribution in [3.8, 4) is 17.1 Å². The van der Waals surface area contributed by atoms with E-state index in [1.165, 1.54) is 0 Å². The molecule has 0 aliphatic heterocycles. The van der Waals surface area contributed by atoms with Gasteiger partial charge in [-0.3, -0.25) is 0 Å². The van der Waals surface area contributed by atoms with Crippen LogP contribution in [0.4, 0.5) is 0 Å². The van der Waals surface area contributed by atoms with Crippen molar-refractivity contribution >= 4 is 23.4 Å². The van der Waals surface area contributed by atoms with E-state index in [1.54, 1.807) is 18.9 Å². The molecule has 3 aromatic rings. The van der Waals surface area contributed by atoms with Crippen LogP contribution in [0.5, 0.6) is 5.75 Å². The molecule has 0 bridgehead atoms. The SMILES string of the molecule is COc1ccc(-c2noc(CSc3ccc(Cl)cc3)n2)cc1. The van der Waals surface area contributed by atoms with E-state index in [9.17, 15) is 0 Å². The van der Waals surface area contributed by atoms with Gasteiger partial charge in [0.25, 0.3) is 0 Å². The highest BCUT2D eigenvalue weighted by atomic mass is 35.5. The number of nitrogens with zero attached hydrogens (tertiary/aromatic N) is 2. The van der Waals surface area contributed by atoms with Crippen LogP contribution < -0.4 is 4.74 Å². The van der Waals surface area contributed by atoms with E-state index >= 15 is 0 Å². The number of hydrogen-bond donors (Lipinski definition) is 0. The Morgan fingerprint density at radius 3 is 2.50 bits per heavy atom. The molecular weight excluding hydrogens is 320 g/mol. The predicted molar refractivity (Wildman–Crippen MR) is 87.3 cm³/mol. The second-order valence-corrected chi connectivity index (χ2v) is 5.97. The lowest BCUT2D eigenvalue weighted by Crippen LogP contribution is -1.85. The van der Waals surface area contributed by atoms with Gasteiger partial charge in [-0.2, -0.15) is 4.98 Å². The molecule has 0 N–H and O–H groups in total. The molecule has 0 aliphatic carbocycles. The van der Waals surface area contributed by atoms with E-state index in [4.69, 9.17) is 20.9 Å². The molecule has 3 rings (SSSR count). The predicted octanol–water partition coefficient (Wildman–Crippen LogP) is 4.69. The third kappa shape index (κ3) is 3.61. The van der Waals surface area contributed by atoms with Gasteiger partial charge in [-0.25, -0.2) is 0 Å². The number of benzene rings is 2. The Hall–Kier alpha value is -1.98. The maximum atomic E-state index is 5.86. The van der Waals surface area contributed by atoms with Crippen LogP contribution in [0.2, 0.25) is 5.02 Å². The first-order valence-electron chi connectivity index (χ1n) is 6.60. The number of methoxy groups -OCH3 is 1. The monoisotopic (exact) mass is 332 g/mol. The van der Waals surface area contributed by atoms with Gasteiger partial charge in [-0.15, -0.1) is 11.8 Å². The average Bonchev–Trinajstić information content (AvgIpc) is 3.03. The summed E-state index contributed by atoms with van der Waals surface area (Å²) in [6, 6.07) is 15.2. The van der Waals surface area contributed by atoms with Gasteiger partial charge in [-0.05, 0) is 48.5 Å². The summed E-state index contributed by atoms with van der Waals surface area (Å²) in [4.78, 5) is 5.51. The van der Waals surface area contributed by atoms with Crippen molar-refractivity contribution in [1.82, 2.24) is 10.1 Å². The second-order valence-electron chi connectivity index (χ2n) is 4.48. The molecule has 0 saturated heterocycles. The van der Waals surface area contributed by atoms with Crippen molar-refractivity contribution in [2.75, 3.05) is 7.11 Å². The summed E-state index contributed by atoms with van der Waals surface area (Å²) in [6.07, 6.45) is 0. The first-order chi connectivity index (χ1) is 10.7. The molecule has 0 unspecified atom stereocenters. The Bertz CT molecular complexity index is 742. The van der Waals surface area contributed by atoms with Crippen molar-refractivity contribution in [2.45, 2.75) is 10.6 Å². The minimum Gasteiger partial charge on any atom is -0.497 e. The highest BCUT2D eigenvalue weighted by Gasteiger charge is 2.09. The first kappa shape index (κ1) is 14.9. The molecule has 0 saturated carbocycles. The van der Waals surface area contributed by atoms with E-state index < -0.39 is 0 Å². The van der Waals surface area contributed by atoms with Gasteiger partial charge in [0, 0.05) is 15.5 Å². The normalized spacial score (nSPS) is 10.6. The quantitative estimate of drug-likeness (QED) is 0.634. The maximum absolute atomic E-state index is 5.86. The number of ether oxygens (including phenoxy) is 1. The van der Waals surface area contributed by atoms with Crippen molar-refractivity contribution in [3.63, 3.8) is 0 Å². The van der Waals surface area contributed by atoms with Crippen LogP contribution in [-0.4, -0.2) is 17.3 Å². The van der Waals surface area contributed by atoms with E-state index in [0.717, 1.165) is 21.2 Å². The molecule has 1 heterocycles. The molecule has 1 aromatic heterocycles. The zero-order valence-electron chi connectivity index (χ0n) is 11.8. The largest absolute Gasteiger partial charge is 0.497 e. The summed E-state index contributed by atoms with van der Waals surface area (Å²) in [6.45, 7) is 0. The standard InChI is InChI=1S/C16H13ClN2O2S/c1-20-13-6-2-11(3-7-13)16-18-15(21-19-16)10-22-14-8-4-12(17)5-9-14/h2-9H,10H2,1H3. The Labute approximate surface area is 137 Å². The molecule has 0 atom stereocenters. The van der Waals surface area contributed by atoms with E-state index in [0.29, 0.717) is 17.5 Å². The molecule has 6 heteroatoms. The van der Waals surface area contributed by atoms with Crippen LogP contribution in [0, 0.1) is 0 Å². The van der Waals surface area contributed by atoms with Gasteiger partial charge in [0.1, 0.15) is 5.75 Å². The highest BCUT2D eigenvalue weighted by Crippen LogP contribution is 2.25. The average molecular weight is 333 g/mol. The zero-order valence-corrected chi connectivity index (χ0v) is 13.4. The minimum atomic E-state index is 0.578. The lowest BCUT2D eigenvalue weighted by atomic mass is 10.2. The Balaban J connectivity index is 1.66. The summed E-state index contributed by atoms with van der Waals surface area (Å²) >= 11 is 7.48. The fourth-order valence-corrected chi connectivity index (χ4v) is 2.71. The Kier molecular flexibility index (Phi) is 4.65. The maximum Gasteiger partial charge on any atom is 0.237 e. The lowest BCUT2D eigenvalue weighted by Gasteiger charge is -1.99. The number of halogens is 1. The number of hydrogen-bond acceptors (Lipinski definition) is 5. The summed E-state index contributed by atoms with van der Waals surface area (Å²) in [5, 5.41) is 4.73. The number of rotatable bonds is 5. The lowest BCUT2D eigenvalue weighted by molar-refractivity contribution is 0.391. The van der Waals surface area contributed by atoms with Crippen molar-refractivity contribution in [3.05, 3.63) is 59.4 Å². The summed E-state index contributed by atoms with van der Waals surface area (Å²) < 4.78 is 10.4. The summed E-state index contributed by atoms with van der Waals surface area (Å²) in [5.74, 6) is 2.58. The Morgan fingerprint density at radius 2 is 1.82 bits per heavy atom. The van der Waals surface area contributed by atoms with E-state index in [1.807, 2.05) is 48.5 Å². The third-order valence-electron chi connectivity index (χ3n) is 2.99. The molecule has 112 valence electrons. The zero-order chi connectivity index (χ0) is 15.4. The molecule has 0 fully saturated rings. The Morgan fingerprint density at radius 1 is 1.09 bits per heavy atom. The first-order valence-corrected chi connectivity index (χ1v) is 7.96. The van der Waals surface area contributed by atoms with Crippen LogP contribution >= 0.6 is 23.4 Å². The molecule has 22 heavy (non-hydrogen) atoms. The van der Waals surface area contributed by atoms with Crippen LogP contribution in [0.15, 0.2) is 57.9 Å². The van der Waals surface area contributed by atoms with E-state index in [2.05, 4.69) is 10.1 Å². The van der Waals surface area contributed by atoms with Gasteiger partial charge < -0.3 is 9.26 Å². The van der Waals surface area contributed by atoms with Crippen molar-refractivity contribution in [2.24, 2.45) is 0 Å². The number of aromatic nitrogens is 2. The fourth-order valence-electron chi connectivity index (χ4n) is 1.85. The van der Waals surface area contributed by atoms with Gasteiger partial charge >= 0.3 is 0 Å². The van der Waals surface area contributed by atoms with Gasteiger partial charge in [-0.1, -0.05) is 16.8 Å². The van der Waals surface area contributed by atoms with Crippen LogP contribution in [0.25, 0.3) is 11.4 Å². The van der Waals surface area contributed by atoms with Crippen molar-refractivity contribution in [1.29, 1.82) is 0 Å². The topological polar surface area (TPSA) is 48.2 Å². The second kappa shape index (κ2) is 6.85. The van der Waals surface area contributed by atoms with Crippen LogP contribution in [0.1, 0.15) is 5.89 Å². The molecule has 0 aliphatic rings. The summed E-state index contributed by atoms with van der Waals surface area (Å²) in [7, 11) is 1.63. The molecule has 0 spiro atoms. The van der Waals surface area contributed by atoms with Crippen molar-refractivity contribution < 1.29 is 9.26 Å². The van der Waals surface area contributed by atoms with Gasteiger partial charge in [0.15, 0.2) is 0 Å². The van der Waals surface area contributed by atoms with E-state index in [-0.39, 0.29) is 0 Å². The molecule has 4 nitrogen and oxygen atoms in total. The highest BCUT2D eigenvalue weighted by molar-refractivity contribution is 7.98. The minimum absolute atomic E-state index is 0.578. The molecular formula is C16H13ClN2O2S. The third-order valence-corrected chi connectivity index (χ3v) is 4.24. The van der Waals surface area contributed by atoms with Crippen LogP contribution in [-0.2, 0) is 5.75 Å². The smallest absolute Gasteiger partial charge is 0.237 e. The molecule has 0 amide bonds. The van der Waals surface area contributed by atoms with Gasteiger partial charge in [0.05, 0.1) is 12.9 Å². The van der Waals surface area contributed by atoms with Gasteiger partial charge in [0.2, 0.25) is 11.7 Å². The van der Waals surface area contributed by atoms with Crippen LogP contribution in [0.3, 0.4) is 0 Å². The number of thioether (sulfide) groups is 1. The fraction of sp³-hybridized carbons (Fsp3) is 0.125.